The maximum Gasteiger partial charge on any atom is 0.275 e. The molecule has 0 saturated carbocycles. The lowest BCUT2D eigenvalue weighted by molar-refractivity contribution is 0.120. The topological polar surface area (TPSA) is 60.0 Å². The molecule has 1 aliphatic heterocycles. The fourth-order valence-electron chi connectivity index (χ4n) is 3.17. The first-order chi connectivity index (χ1) is 12.7. The molecule has 1 fully saturated rings. The molecule has 5 rings (SSSR count). The van der Waals surface area contributed by atoms with Gasteiger partial charge in [0.05, 0.1) is 28.7 Å². The highest BCUT2D eigenvalue weighted by molar-refractivity contribution is 9.10. The number of benzene rings is 1. The van der Waals surface area contributed by atoms with Crippen LogP contribution in [0.2, 0.25) is 0 Å². The molecular weight excluding hydrogens is 418 g/mol. The third kappa shape index (κ3) is 2.56. The van der Waals surface area contributed by atoms with Gasteiger partial charge in [-0.05, 0) is 28.1 Å². The quantitative estimate of drug-likeness (QED) is 0.488. The number of morpholine rings is 1. The lowest BCUT2D eigenvalue weighted by atomic mass is 10.3. The third-order valence-corrected chi connectivity index (χ3v) is 5.94. The number of halogens is 1. The average Bonchev–Trinajstić information content (AvgIpc) is 3.29. The number of aromatic nitrogens is 2. The summed E-state index contributed by atoms with van der Waals surface area (Å²) in [6.07, 6.45) is 1.78. The second-order valence-corrected chi connectivity index (χ2v) is 7.90. The maximum absolute atomic E-state index is 12.8. The SMILES string of the molecule is O=c1/c(=C/c2cc(Br)c(N3CCOCC3)o2)sc2nc3ccccc3n12. The number of thiazole rings is 1. The predicted octanol–water partition coefficient (Wildman–Crippen LogP) is 2.65. The van der Waals surface area contributed by atoms with Crippen molar-refractivity contribution in [2.24, 2.45) is 0 Å². The molecule has 0 amide bonds. The number of anilines is 1. The summed E-state index contributed by atoms with van der Waals surface area (Å²) in [5.41, 5.74) is 1.59. The van der Waals surface area contributed by atoms with Crippen molar-refractivity contribution in [2.45, 2.75) is 0 Å². The number of furan rings is 1. The smallest absolute Gasteiger partial charge is 0.275 e. The minimum Gasteiger partial charge on any atom is -0.440 e. The highest BCUT2D eigenvalue weighted by Crippen LogP contribution is 2.31. The number of rotatable bonds is 2. The molecule has 26 heavy (non-hydrogen) atoms. The average molecular weight is 432 g/mol. The standard InChI is InChI=1S/C18H14BrN3O3S/c19-12-9-11(25-17(12)21-5-7-24-8-6-21)10-15-16(23)22-14-4-2-1-3-13(14)20-18(22)26-15/h1-4,9-10H,5-8H2/b15-10-. The van der Waals surface area contributed by atoms with Gasteiger partial charge in [-0.25, -0.2) is 9.38 Å². The van der Waals surface area contributed by atoms with Crippen LogP contribution in [0.25, 0.3) is 22.1 Å². The molecule has 0 spiro atoms. The Morgan fingerprint density at radius 3 is 2.88 bits per heavy atom. The van der Waals surface area contributed by atoms with Gasteiger partial charge in [-0.2, -0.15) is 0 Å². The Kier molecular flexibility index (Phi) is 3.84. The van der Waals surface area contributed by atoms with Crippen LogP contribution in [0, 0.1) is 0 Å². The van der Waals surface area contributed by atoms with E-state index in [1.807, 2.05) is 30.3 Å². The van der Waals surface area contributed by atoms with Crippen molar-refractivity contribution >= 4 is 55.2 Å². The Hall–Kier alpha value is -2.16. The lowest BCUT2D eigenvalue weighted by Gasteiger charge is -2.26. The zero-order valence-electron chi connectivity index (χ0n) is 13.6. The Bertz CT molecular complexity index is 1220. The molecule has 3 aromatic heterocycles. The Morgan fingerprint density at radius 1 is 1.23 bits per heavy atom. The molecule has 4 aromatic rings. The normalized spacial score (nSPS) is 16.2. The second-order valence-electron chi connectivity index (χ2n) is 6.04. The van der Waals surface area contributed by atoms with Gasteiger partial charge in [0.1, 0.15) is 10.3 Å². The van der Waals surface area contributed by atoms with E-state index in [9.17, 15) is 4.79 Å². The predicted molar refractivity (Wildman–Crippen MR) is 105 cm³/mol. The molecular formula is C18H14BrN3O3S. The first-order valence-electron chi connectivity index (χ1n) is 8.24. The number of imidazole rings is 1. The minimum absolute atomic E-state index is 0.0702. The van der Waals surface area contributed by atoms with Crippen LogP contribution in [0.5, 0.6) is 0 Å². The first kappa shape index (κ1) is 16.0. The van der Waals surface area contributed by atoms with Crippen LogP contribution in [-0.2, 0) is 4.74 Å². The highest BCUT2D eigenvalue weighted by Gasteiger charge is 2.19. The van der Waals surface area contributed by atoms with Crippen molar-refractivity contribution in [3.8, 4) is 0 Å². The number of hydrogen-bond acceptors (Lipinski definition) is 6. The van der Waals surface area contributed by atoms with Gasteiger partial charge in [-0.1, -0.05) is 23.5 Å². The Morgan fingerprint density at radius 2 is 2.04 bits per heavy atom. The van der Waals surface area contributed by atoms with Crippen molar-refractivity contribution in [1.82, 2.24) is 9.38 Å². The molecule has 6 nitrogen and oxygen atoms in total. The summed E-state index contributed by atoms with van der Waals surface area (Å²) in [5.74, 6) is 1.42. The number of hydrogen-bond donors (Lipinski definition) is 0. The largest absolute Gasteiger partial charge is 0.440 e. The van der Waals surface area contributed by atoms with Crippen LogP contribution in [-0.4, -0.2) is 35.7 Å². The maximum atomic E-state index is 12.8. The summed E-state index contributed by atoms with van der Waals surface area (Å²) in [4.78, 5) is 20.2. The second kappa shape index (κ2) is 6.22. The van der Waals surface area contributed by atoms with E-state index in [0.717, 1.165) is 34.5 Å². The fraction of sp³-hybridized carbons (Fsp3) is 0.222. The molecule has 0 unspecified atom stereocenters. The van der Waals surface area contributed by atoms with Crippen molar-refractivity contribution < 1.29 is 9.15 Å². The summed E-state index contributed by atoms with van der Waals surface area (Å²) in [6.45, 7) is 2.95. The minimum atomic E-state index is -0.0702. The number of ether oxygens (including phenoxy) is 1. The van der Waals surface area contributed by atoms with Gasteiger partial charge in [-0.3, -0.25) is 4.79 Å². The van der Waals surface area contributed by atoms with E-state index in [1.54, 1.807) is 10.5 Å². The highest BCUT2D eigenvalue weighted by atomic mass is 79.9. The van der Waals surface area contributed by atoms with Crippen LogP contribution < -0.4 is 15.0 Å². The summed E-state index contributed by atoms with van der Waals surface area (Å²) in [6, 6.07) is 9.55. The number of fused-ring (bicyclic) bond motifs is 3. The molecule has 0 atom stereocenters. The zero-order valence-corrected chi connectivity index (χ0v) is 16.0. The summed E-state index contributed by atoms with van der Waals surface area (Å²) in [7, 11) is 0. The Labute approximate surface area is 160 Å². The zero-order chi connectivity index (χ0) is 17.7. The molecule has 1 aromatic carbocycles. The van der Waals surface area contributed by atoms with E-state index in [2.05, 4.69) is 25.8 Å². The number of nitrogens with zero attached hydrogens (tertiary/aromatic N) is 3. The molecule has 8 heteroatoms. The van der Waals surface area contributed by atoms with Gasteiger partial charge in [0.2, 0.25) is 5.88 Å². The van der Waals surface area contributed by atoms with Gasteiger partial charge in [0, 0.05) is 25.2 Å². The van der Waals surface area contributed by atoms with Crippen LogP contribution in [0.3, 0.4) is 0 Å². The summed E-state index contributed by atoms with van der Waals surface area (Å²) < 4.78 is 14.5. The van der Waals surface area contributed by atoms with Crippen molar-refractivity contribution in [1.29, 1.82) is 0 Å². The Balaban J connectivity index is 1.60. The van der Waals surface area contributed by atoms with Crippen molar-refractivity contribution in [2.75, 3.05) is 31.2 Å². The molecule has 132 valence electrons. The molecule has 4 heterocycles. The lowest BCUT2D eigenvalue weighted by Crippen LogP contribution is -2.36. The van der Waals surface area contributed by atoms with Crippen molar-refractivity contribution in [3.05, 3.63) is 55.5 Å². The molecule has 1 saturated heterocycles. The van der Waals surface area contributed by atoms with Crippen LogP contribution in [0.1, 0.15) is 5.76 Å². The molecule has 0 N–H and O–H groups in total. The fourth-order valence-corrected chi connectivity index (χ4v) is 4.70. The van der Waals surface area contributed by atoms with Crippen LogP contribution in [0.15, 0.2) is 44.0 Å². The van der Waals surface area contributed by atoms with Crippen molar-refractivity contribution in [3.63, 3.8) is 0 Å². The van der Waals surface area contributed by atoms with Gasteiger partial charge in [0.25, 0.3) is 5.56 Å². The van der Waals surface area contributed by atoms with E-state index < -0.39 is 0 Å². The van der Waals surface area contributed by atoms with Gasteiger partial charge < -0.3 is 14.1 Å². The molecule has 1 aliphatic rings. The van der Waals surface area contributed by atoms with Crippen LogP contribution in [0.4, 0.5) is 5.88 Å². The van der Waals surface area contributed by atoms with E-state index in [0.29, 0.717) is 28.5 Å². The van der Waals surface area contributed by atoms with Gasteiger partial charge in [0.15, 0.2) is 4.96 Å². The van der Waals surface area contributed by atoms with Gasteiger partial charge >= 0.3 is 0 Å². The monoisotopic (exact) mass is 431 g/mol. The molecule has 0 aliphatic carbocycles. The van der Waals surface area contributed by atoms with E-state index in [1.165, 1.54) is 11.3 Å². The van der Waals surface area contributed by atoms with Crippen LogP contribution >= 0.6 is 27.3 Å². The third-order valence-electron chi connectivity index (χ3n) is 4.40. The first-order valence-corrected chi connectivity index (χ1v) is 9.85. The molecule has 0 radical (unpaired) electrons. The number of para-hydroxylation sites is 2. The summed E-state index contributed by atoms with van der Waals surface area (Å²) >= 11 is 4.93. The van der Waals surface area contributed by atoms with E-state index in [4.69, 9.17) is 9.15 Å². The summed E-state index contributed by atoms with van der Waals surface area (Å²) in [5, 5.41) is 0. The van der Waals surface area contributed by atoms with E-state index >= 15 is 0 Å². The van der Waals surface area contributed by atoms with E-state index in [-0.39, 0.29) is 5.56 Å². The molecule has 0 bridgehead atoms. The van der Waals surface area contributed by atoms with Gasteiger partial charge in [-0.15, -0.1) is 0 Å².